The molecule has 2 aromatic carbocycles. The zero-order valence-electron chi connectivity index (χ0n) is 13.9. The summed E-state index contributed by atoms with van der Waals surface area (Å²) in [6.07, 6.45) is 1.70. The molecule has 0 aromatic heterocycles. The van der Waals surface area contributed by atoms with E-state index >= 15 is 0 Å². The molecule has 0 aliphatic heterocycles. The molecule has 2 aromatic rings. The minimum atomic E-state index is -0.450. The number of ether oxygens (including phenoxy) is 1. The smallest absolute Gasteiger partial charge is 0.316 e. The quantitative estimate of drug-likeness (QED) is 0.696. The van der Waals surface area contributed by atoms with Crippen LogP contribution in [0.2, 0.25) is 5.02 Å². The van der Waals surface area contributed by atoms with Crippen LogP contribution in [0.5, 0.6) is 0 Å². The van der Waals surface area contributed by atoms with Crippen molar-refractivity contribution in [2.45, 2.75) is 25.2 Å². The summed E-state index contributed by atoms with van der Waals surface area (Å²) < 4.78 is 5.59. The van der Waals surface area contributed by atoms with Gasteiger partial charge in [0, 0.05) is 17.3 Å². The fraction of sp³-hybridized carbons (Fsp3) is 0.350. The standard InChI is InChI=1S/C20H22ClNO2/c1-2-22(18-6-4-3-5-7-18)14-15-24-19(23)20(12-13-20)16-8-10-17(21)11-9-16/h3-11H,2,12-15H2,1H3. The highest BCUT2D eigenvalue weighted by molar-refractivity contribution is 6.30. The van der Waals surface area contributed by atoms with Gasteiger partial charge in [0.1, 0.15) is 6.61 Å². The van der Waals surface area contributed by atoms with Crippen LogP contribution in [-0.4, -0.2) is 25.7 Å². The van der Waals surface area contributed by atoms with Crippen LogP contribution < -0.4 is 4.90 Å². The largest absolute Gasteiger partial charge is 0.463 e. The molecule has 0 unspecified atom stereocenters. The van der Waals surface area contributed by atoms with Gasteiger partial charge in [-0.15, -0.1) is 0 Å². The van der Waals surface area contributed by atoms with Gasteiger partial charge in [-0.2, -0.15) is 0 Å². The molecule has 0 bridgehead atoms. The normalized spacial score (nSPS) is 14.9. The average molecular weight is 344 g/mol. The lowest BCUT2D eigenvalue weighted by molar-refractivity contribution is -0.146. The molecule has 24 heavy (non-hydrogen) atoms. The number of rotatable bonds is 7. The van der Waals surface area contributed by atoms with Crippen molar-refractivity contribution in [1.29, 1.82) is 0 Å². The van der Waals surface area contributed by atoms with Gasteiger partial charge in [-0.25, -0.2) is 0 Å². The minimum Gasteiger partial charge on any atom is -0.463 e. The van der Waals surface area contributed by atoms with Crippen LogP contribution in [0.15, 0.2) is 54.6 Å². The molecule has 3 nitrogen and oxygen atoms in total. The van der Waals surface area contributed by atoms with Crippen molar-refractivity contribution in [3.05, 3.63) is 65.2 Å². The second kappa shape index (κ2) is 7.27. The molecule has 0 N–H and O–H groups in total. The molecular weight excluding hydrogens is 322 g/mol. The van der Waals surface area contributed by atoms with Gasteiger partial charge in [0.2, 0.25) is 0 Å². The van der Waals surface area contributed by atoms with E-state index in [0.717, 1.165) is 30.6 Å². The summed E-state index contributed by atoms with van der Waals surface area (Å²) in [5, 5.41) is 0.685. The molecule has 1 aliphatic carbocycles. The van der Waals surface area contributed by atoms with E-state index in [1.165, 1.54) is 0 Å². The first-order valence-electron chi connectivity index (χ1n) is 8.39. The van der Waals surface area contributed by atoms with Crippen molar-refractivity contribution >= 4 is 23.3 Å². The maximum atomic E-state index is 12.5. The van der Waals surface area contributed by atoms with Gasteiger partial charge in [-0.05, 0) is 49.6 Å². The first-order chi connectivity index (χ1) is 11.7. The number of esters is 1. The van der Waals surface area contributed by atoms with Gasteiger partial charge in [0.25, 0.3) is 0 Å². The molecule has 0 spiro atoms. The van der Waals surface area contributed by atoms with E-state index in [1.807, 2.05) is 42.5 Å². The molecule has 0 saturated heterocycles. The number of hydrogen-bond acceptors (Lipinski definition) is 3. The molecule has 0 amide bonds. The molecule has 126 valence electrons. The monoisotopic (exact) mass is 343 g/mol. The lowest BCUT2D eigenvalue weighted by atomic mass is 9.96. The fourth-order valence-corrected chi connectivity index (χ4v) is 3.13. The van der Waals surface area contributed by atoms with Gasteiger partial charge in [-0.3, -0.25) is 4.79 Å². The summed E-state index contributed by atoms with van der Waals surface area (Å²) in [6.45, 7) is 4.08. The topological polar surface area (TPSA) is 29.5 Å². The van der Waals surface area contributed by atoms with E-state index in [9.17, 15) is 4.79 Å². The summed E-state index contributed by atoms with van der Waals surface area (Å²) in [6, 6.07) is 17.7. The Kier molecular flexibility index (Phi) is 5.10. The maximum absolute atomic E-state index is 12.5. The Labute approximate surface area is 148 Å². The predicted molar refractivity (Wildman–Crippen MR) is 97.7 cm³/mol. The van der Waals surface area contributed by atoms with Gasteiger partial charge < -0.3 is 9.64 Å². The number of halogens is 1. The summed E-state index contributed by atoms with van der Waals surface area (Å²) in [7, 11) is 0. The van der Waals surface area contributed by atoms with Crippen molar-refractivity contribution in [3.8, 4) is 0 Å². The number of carbonyl (C=O) groups is 1. The second-order valence-electron chi connectivity index (χ2n) is 6.14. The van der Waals surface area contributed by atoms with Crippen LogP contribution in [0.25, 0.3) is 0 Å². The van der Waals surface area contributed by atoms with Crippen molar-refractivity contribution < 1.29 is 9.53 Å². The Morgan fingerprint density at radius 1 is 1.12 bits per heavy atom. The van der Waals surface area contributed by atoms with E-state index in [2.05, 4.69) is 24.0 Å². The van der Waals surface area contributed by atoms with E-state index in [1.54, 1.807) is 0 Å². The van der Waals surface area contributed by atoms with E-state index in [0.29, 0.717) is 18.2 Å². The van der Waals surface area contributed by atoms with Crippen LogP contribution in [0.4, 0.5) is 5.69 Å². The first-order valence-corrected chi connectivity index (χ1v) is 8.77. The third kappa shape index (κ3) is 3.57. The number of hydrogen-bond donors (Lipinski definition) is 0. The predicted octanol–water partition coefficient (Wildman–Crippen LogP) is 4.44. The van der Waals surface area contributed by atoms with Crippen molar-refractivity contribution in [1.82, 2.24) is 0 Å². The molecular formula is C20H22ClNO2. The van der Waals surface area contributed by atoms with Crippen molar-refractivity contribution in [3.63, 3.8) is 0 Å². The third-order valence-electron chi connectivity index (χ3n) is 4.63. The van der Waals surface area contributed by atoms with E-state index in [4.69, 9.17) is 16.3 Å². The van der Waals surface area contributed by atoms with Gasteiger partial charge >= 0.3 is 5.97 Å². The Balaban J connectivity index is 1.57. The van der Waals surface area contributed by atoms with Crippen molar-refractivity contribution in [2.24, 2.45) is 0 Å². The molecule has 0 radical (unpaired) electrons. The molecule has 1 fully saturated rings. The zero-order chi connectivity index (χ0) is 17.0. The number of anilines is 1. The number of nitrogens with zero attached hydrogens (tertiary/aromatic N) is 1. The van der Waals surface area contributed by atoms with Crippen LogP contribution in [0, 0.1) is 0 Å². The van der Waals surface area contributed by atoms with Crippen LogP contribution in [0.3, 0.4) is 0 Å². The zero-order valence-corrected chi connectivity index (χ0v) is 14.6. The Morgan fingerprint density at radius 2 is 1.79 bits per heavy atom. The highest BCUT2D eigenvalue weighted by Gasteiger charge is 2.52. The third-order valence-corrected chi connectivity index (χ3v) is 4.89. The molecule has 4 heteroatoms. The average Bonchev–Trinajstić information content (AvgIpc) is 3.42. The highest BCUT2D eigenvalue weighted by atomic mass is 35.5. The van der Waals surface area contributed by atoms with Crippen LogP contribution >= 0.6 is 11.6 Å². The molecule has 0 atom stereocenters. The lowest BCUT2D eigenvalue weighted by Crippen LogP contribution is -2.30. The highest BCUT2D eigenvalue weighted by Crippen LogP contribution is 2.49. The molecule has 1 saturated carbocycles. The SMILES string of the molecule is CCN(CCOC(=O)C1(c2ccc(Cl)cc2)CC1)c1ccccc1. The van der Waals surface area contributed by atoms with Gasteiger partial charge in [0.15, 0.2) is 0 Å². The van der Waals surface area contributed by atoms with Gasteiger partial charge in [-0.1, -0.05) is 41.9 Å². The number of likely N-dealkylation sites (N-methyl/N-ethyl adjacent to an activating group) is 1. The Bertz CT molecular complexity index is 681. The molecule has 0 heterocycles. The fourth-order valence-electron chi connectivity index (χ4n) is 3.00. The van der Waals surface area contributed by atoms with E-state index < -0.39 is 5.41 Å². The summed E-state index contributed by atoms with van der Waals surface area (Å²) in [5.74, 6) is -0.117. The Morgan fingerprint density at radius 3 is 2.38 bits per heavy atom. The number of carbonyl (C=O) groups excluding carboxylic acids is 1. The second-order valence-corrected chi connectivity index (χ2v) is 6.58. The maximum Gasteiger partial charge on any atom is 0.316 e. The van der Waals surface area contributed by atoms with Crippen molar-refractivity contribution in [2.75, 3.05) is 24.6 Å². The molecule has 3 rings (SSSR count). The summed E-state index contributed by atoms with van der Waals surface area (Å²) in [4.78, 5) is 14.7. The Hall–Kier alpha value is -2.00. The van der Waals surface area contributed by atoms with Crippen LogP contribution in [0.1, 0.15) is 25.3 Å². The summed E-state index contributed by atoms with van der Waals surface area (Å²) >= 11 is 5.93. The van der Waals surface area contributed by atoms with Gasteiger partial charge in [0.05, 0.1) is 12.0 Å². The number of para-hydroxylation sites is 1. The van der Waals surface area contributed by atoms with E-state index in [-0.39, 0.29) is 5.97 Å². The first kappa shape index (κ1) is 16.8. The van der Waals surface area contributed by atoms with Crippen LogP contribution in [-0.2, 0) is 14.9 Å². The summed E-state index contributed by atoms with van der Waals surface area (Å²) in [5.41, 5.74) is 1.70. The lowest BCUT2D eigenvalue weighted by Gasteiger charge is -2.23. The minimum absolute atomic E-state index is 0.117. The molecule has 1 aliphatic rings. The number of benzene rings is 2.